The van der Waals surface area contributed by atoms with Crippen LogP contribution in [0.1, 0.15) is 18.4 Å². The largest absolute Gasteiger partial charge is 0.378 e. The van der Waals surface area contributed by atoms with E-state index in [9.17, 15) is 4.79 Å². The monoisotopic (exact) mass is 291 g/mol. The van der Waals surface area contributed by atoms with Gasteiger partial charge in [0, 0.05) is 38.8 Å². The van der Waals surface area contributed by atoms with Crippen molar-refractivity contribution < 1.29 is 9.53 Å². The van der Waals surface area contributed by atoms with Crippen LogP contribution >= 0.6 is 0 Å². The van der Waals surface area contributed by atoms with E-state index in [0.29, 0.717) is 19.5 Å². The number of benzene rings is 1. The molecule has 1 saturated heterocycles. The molecule has 1 aromatic carbocycles. The van der Waals surface area contributed by atoms with Crippen LogP contribution in [0.15, 0.2) is 24.3 Å². The third-order valence-corrected chi connectivity index (χ3v) is 3.77. The molecule has 2 rings (SSSR count). The van der Waals surface area contributed by atoms with Gasteiger partial charge in [0.2, 0.25) is 5.91 Å². The van der Waals surface area contributed by atoms with Crippen LogP contribution in [0.3, 0.4) is 0 Å². The summed E-state index contributed by atoms with van der Waals surface area (Å²) in [6, 6.07) is 8.29. The Balaban J connectivity index is 2.03. The van der Waals surface area contributed by atoms with Crippen LogP contribution in [-0.2, 0) is 16.1 Å². The summed E-state index contributed by atoms with van der Waals surface area (Å²) < 4.78 is 5.41. The first-order valence-corrected chi connectivity index (χ1v) is 7.57. The molecule has 0 spiro atoms. The highest BCUT2D eigenvalue weighted by Gasteiger charge is 2.16. The Morgan fingerprint density at radius 3 is 2.76 bits per heavy atom. The molecular formula is C16H25N3O2. The summed E-state index contributed by atoms with van der Waals surface area (Å²) >= 11 is 0. The third-order valence-electron chi connectivity index (χ3n) is 3.77. The molecule has 5 heteroatoms. The lowest BCUT2D eigenvalue weighted by molar-refractivity contribution is -0.130. The number of rotatable bonds is 6. The van der Waals surface area contributed by atoms with Gasteiger partial charge < -0.3 is 20.3 Å². The predicted molar refractivity (Wildman–Crippen MR) is 84.2 cm³/mol. The molecule has 0 aromatic heterocycles. The molecule has 0 aliphatic carbocycles. The molecule has 0 saturated carbocycles. The summed E-state index contributed by atoms with van der Waals surface area (Å²) in [7, 11) is 1.86. The number of hydrogen-bond acceptors (Lipinski definition) is 4. The SMILES string of the molecule is CN(Cc1ccccc1N1CCOCC1)C(=O)CCCN. The van der Waals surface area contributed by atoms with E-state index in [1.807, 2.05) is 19.2 Å². The Morgan fingerprint density at radius 1 is 1.33 bits per heavy atom. The van der Waals surface area contributed by atoms with Crippen molar-refractivity contribution in [3.63, 3.8) is 0 Å². The van der Waals surface area contributed by atoms with Crippen molar-refractivity contribution in [3.05, 3.63) is 29.8 Å². The maximum Gasteiger partial charge on any atom is 0.222 e. The molecule has 0 radical (unpaired) electrons. The van der Waals surface area contributed by atoms with Crippen molar-refractivity contribution >= 4 is 11.6 Å². The van der Waals surface area contributed by atoms with Gasteiger partial charge in [-0.05, 0) is 24.6 Å². The van der Waals surface area contributed by atoms with E-state index in [0.717, 1.165) is 32.7 Å². The van der Waals surface area contributed by atoms with E-state index in [1.165, 1.54) is 11.3 Å². The highest BCUT2D eigenvalue weighted by molar-refractivity contribution is 5.76. The Hall–Kier alpha value is -1.59. The zero-order valence-electron chi connectivity index (χ0n) is 12.8. The number of hydrogen-bond donors (Lipinski definition) is 1. The quantitative estimate of drug-likeness (QED) is 0.856. The number of para-hydroxylation sites is 1. The van der Waals surface area contributed by atoms with Crippen LogP contribution in [-0.4, -0.2) is 50.7 Å². The molecule has 2 N–H and O–H groups in total. The highest BCUT2D eigenvalue weighted by Crippen LogP contribution is 2.22. The zero-order valence-corrected chi connectivity index (χ0v) is 12.8. The van der Waals surface area contributed by atoms with Gasteiger partial charge in [-0.25, -0.2) is 0 Å². The van der Waals surface area contributed by atoms with Gasteiger partial charge in [-0.2, -0.15) is 0 Å². The lowest BCUT2D eigenvalue weighted by Gasteiger charge is -2.31. The van der Waals surface area contributed by atoms with Gasteiger partial charge in [-0.1, -0.05) is 18.2 Å². The Bertz CT molecular complexity index is 459. The van der Waals surface area contributed by atoms with Crippen LogP contribution in [0.2, 0.25) is 0 Å². The summed E-state index contributed by atoms with van der Waals surface area (Å²) in [6.45, 7) is 4.53. The second-order valence-electron chi connectivity index (χ2n) is 5.37. The van der Waals surface area contributed by atoms with E-state index in [-0.39, 0.29) is 5.91 Å². The molecule has 21 heavy (non-hydrogen) atoms. The molecule has 1 aromatic rings. The topological polar surface area (TPSA) is 58.8 Å². The third kappa shape index (κ3) is 4.44. The van der Waals surface area contributed by atoms with Crippen molar-refractivity contribution in [1.82, 2.24) is 4.90 Å². The Morgan fingerprint density at radius 2 is 2.05 bits per heavy atom. The zero-order chi connectivity index (χ0) is 15.1. The van der Waals surface area contributed by atoms with Gasteiger partial charge in [-0.3, -0.25) is 4.79 Å². The number of carbonyl (C=O) groups excluding carboxylic acids is 1. The number of morpholine rings is 1. The first kappa shape index (κ1) is 15.8. The van der Waals surface area contributed by atoms with E-state index in [1.54, 1.807) is 4.90 Å². The molecule has 1 amide bonds. The van der Waals surface area contributed by atoms with Gasteiger partial charge in [0.15, 0.2) is 0 Å². The Kier molecular flexibility index (Phi) is 6.02. The van der Waals surface area contributed by atoms with Gasteiger partial charge in [-0.15, -0.1) is 0 Å². The van der Waals surface area contributed by atoms with E-state index in [4.69, 9.17) is 10.5 Å². The fourth-order valence-electron chi connectivity index (χ4n) is 2.55. The average molecular weight is 291 g/mol. The first-order valence-electron chi connectivity index (χ1n) is 7.57. The number of nitrogens with zero attached hydrogens (tertiary/aromatic N) is 2. The molecule has 116 valence electrons. The Labute approximate surface area is 126 Å². The first-order chi connectivity index (χ1) is 10.2. The molecule has 0 atom stereocenters. The summed E-state index contributed by atoms with van der Waals surface area (Å²) in [5.41, 5.74) is 7.85. The number of nitrogens with two attached hydrogens (primary N) is 1. The summed E-state index contributed by atoms with van der Waals surface area (Å²) in [6.07, 6.45) is 1.26. The van der Waals surface area contributed by atoms with Crippen LogP contribution in [0.4, 0.5) is 5.69 Å². The fraction of sp³-hybridized carbons (Fsp3) is 0.562. The minimum atomic E-state index is 0.150. The predicted octanol–water partition coefficient (Wildman–Crippen LogP) is 1.22. The van der Waals surface area contributed by atoms with Crippen LogP contribution in [0.5, 0.6) is 0 Å². The van der Waals surface area contributed by atoms with Crippen molar-refractivity contribution in [3.8, 4) is 0 Å². The smallest absolute Gasteiger partial charge is 0.222 e. The second kappa shape index (κ2) is 8.00. The van der Waals surface area contributed by atoms with Crippen molar-refractivity contribution in [1.29, 1.82) is 0 Å². The lowest BCUT2D eigenvalue weighted by atomic mass is 10.1. The number of amides is 1. The minimum absolute atomic E-state index is 0.150. The standard InChI is InChI=1S/C16H25N3O2/c1-18(16(20)7-4-8-17)13-14-5-2-3-6-15(14)19-9-11-21-12-10-19/h2-3,5-6H,4,7-13,17H2,1H3. The van der Waals surface area contributed by atoms with Crippen LogP contribution in [0.25, 0.3) is 0 Å². The molecule has 1 heterocycles. The molecule has 1 aliphatic heterocycles. The van der Waals surface area contributed by atoms with Gasteiger partial charge >= 0.3 is 0 Å². The summed E-state index contributed by atoms with van der Waals surface area (Å²) in [4.78, 5) is 16.1. The molecule has 0 unspecified atom stereocenters. The number of ether oxygens (including phenoxy) is 1. The molecule has 0 bridgehead atoms. The molecule has 1 fully saturated rings. The van der Waals surface area contributed by atoms with E-state index >= 15 is 0 Å². The number of carbonyl (C=O) groups is 1. The van der Waals surface area contributed by atoms with Gasteiger partial charge in [0.1, 0.15) is 0 Å². The van der Waals surface area contributed by atoms with Crippen LogP contribution < -0.4 is 10.6 Å². The lowest BCUT2D eigenvalue weighted by Crippen LogP contribution is -2.37. The van der Waals surface area contributed by atoms with Crippen molar-refractivity contribution in [2.24, 2.45) is 5.73 Å². The maximum atomic E-state index is 12.0. The fourth-order valence-corrected chi connectivity index (χ4v) is 2.55. The van der Waals surface area contributed by atoms with Gasteiger partial charge in [0.25, 0.3) is 0 Å². The summed E-state index contributed by atoms with van der Waals surface area (Å²) in [5.74, 6) is 0.150. The molecular weight excluding hydrogens is 266 g/mol. The molecule has 5 nitrogen and oxygen atoms in total. The number of anilines is 1. The molecule has 1 aliphatic rings. The van der Waals surface area contributed by atoms with E-state index in [2.05, 4.69) is 17.0 Å². The van der Waals surface area contributed by atoms with Crippen molar-refractivity contribution in [2.45, 2.75) is 19.4 Å². The average Bonchev–Trinajstić information content (AvgIpc) is 2.54. The van der Waals surface area contributed by atoms with Gasteiger partial charge in [0.05, 0.1) is 13.2 Å². The highest BCUT2D eigenvalue weighted by atomic mass is 16.5. The normalized spacial score (nSPS) is 15.0. The second-order valence-corrected chi connectivity index (χ2v) is 5.37. The minimum Gasteiger partial charge on any atom is -0.378 e. The van der Waals surface area contributed by atoms with Crippen LogP contribution in [0, 0.1) is 0 Å². The maximum absolute atomic E-state index is 12.0. The summed E-state index contributed by atoms with van der Waals surface area (Å²) in [5, 5.41) is 0. The van der Waals surface area contributed by atoms with E-state index < -0.39 is 0 Å². The van der Waals surface area contributed by atoms with Crippen molar-refractivity contribution in [2.75, 3.05) is 44.8 Å².